The number of Topliss-reactive ketones (excluding diaryl/α,β-unsaturated/α-hetero) is 1. The summed E-state index contributed by atoms with van der Waals surface area (Å²) < 4.78 is 5.55. The lowest BCUT2D eigenvalue weighted by Gasteiger charge is -2.60. The van der Waals surface area contributed by atoms with Crippen LogP contribution in [0, 0.1) is 40.4 Å². The van der Waals surface area contributed by atoms with Gasteiger partial charge in [-0.15, -0.1) is 0 Å². The molecule has 8 atom stereocenters. The summed E-state index contributed by atoms with van der Waals surface area (Å²) in [5.74, 6) is 3.07. The number of hydrogen-bond donors (Lipinski definition) is 0. The van der Waals surface area contributed by atoms with Crippen molar-refractivity contribution in [3.05, 3.63) is 0 Å². The molecule has 0 unspecified atom stereocenters. The molecule has 0 bridgehead atoms. The number of ether oxygens (including phenoxy) is 1. The summed E-state index contributed by atoms with van der Waals surface area (Å²) in [4.78, 5) is 25.0. The minimum atomic E-state index is -0.284. The molecule has 3 heteroatoms. The Morgan fingerprint density at radius 1 is 1.08 bits per heavy atom. The summed E-state index contributed by atoms with van der Waals surface area (Å²) in [5.41, 5.74) is 0.103. The van der Waals surface area contributed by atoms with Crippen LogP contribution in [0.1, 0.15) is 85.5 Å². The van der Waals surface area contributed by atoms with Crippen molar-refractivity contribution >= 4 is 11.8 Å². The Kier molecular flexibility index (Phi) is 4.51. The maximum Gasteiger partial charge on any atom is 0.302 e. The number of carbonyl (C=O) groups is 2. The van der Waals surface area contributed by atoms with Gasteiger partial charge in [-0.25, -0.2) is 0 Å². The van der Waals surface area contributed by atoms with E-state index in [-0.39, 0.29) is 23.4 Å². The van der Waals surface area contributed by atoms with E-state index in [1.807, 2.05) is 6.92 Å². The first-order valence-corrected chi connectivity index (χ1v) is 11.0. The van der Waals surface area contributed by atoms with Crippen LogP contribution in [-0.2, 0) is 14.3 Å². The third-order valence-corrected chi connectivity index (χ3v) is 9.43. The van der Waals surface area contributed by atoms with Crippen LogP contribution in [0.4, 0.5) is 0 Å². The zero-order valence-corrected chi connectivity index (χ0v) is 17.1. The van der Waals surface area contributed by atoms with E-state index in [1.54, 1.807) is 0 Å². The number of esters is 1. The Morgan fingerprint density at radius 2 is 1.85 bits per heavy atom. The van der Waals surface area contributed by atoms with Crippen molar-refractivity contribution < 1.29 is 14.3 Å². The summed E-state index contributed by atoms with van der Waals surface area (Å²) in [6, 6.07) is 0. The van der Waals surface area contributed by atoms with Crippen molar-refractivity contribution in [2.24, 2.45) is 40.4 Å². The molecule has 0 aliphatic heterocycles. The molecule has 26 heavy (non-hydrogen) atoms. The third kappa shape index (κ3) is 2.52. The minimum Gasteiger partial charge on any atom is -0.463 e. The second-order valence-corrected chi connectivity index (χ2v) is 10.3. The SMILES string of the molecule is CC(=O)O[C@H](C)[C@H]1CC[C@H]2[C@@H]3CC[C@H]4CCCC[C@]4(C)[C@H]3CC(=O)[C@]12C. The molecule has 0 saturated heterocycles. The monoisotopic (exact) mass is 360 g/mol. The van der Waals surface area contributed by atoms with Crippen LogP contribution in [-0.4, -0.2) is 17.9 Å². The number of hydrogen-bond acceptors (Lipinski definition) is 3. The molecule has 4 fully saturated rings. The van der Waals surface area contributed by atoms with E-state index in [1.165, 1.54) is 45.4 Å². The Labute approximate surface area is 158 Å². The van der Waals surface area contributed by atoms with Crippen LogP contribution in [0.15, 0.2) is 0 Å². The fraction of sp³-hybridized carbons (Fsp3) is 0.913. The van der Waals surface area contributed by atoms with Crippen molar-refractivity contribution in [2.75, 3.05) is 0 Å². The van der Waals surface area contributed by atoms with E-state index in [2.05, 4.69) is 13.8 Å². The zero-order chi connectivity index (χ0) is 18.7. The van der Waals surface area contributed by atoms with E-state index >= 15 is 0 Å². The first kappa shape index (κ1) is 18.5. The topological polar surface area (TPSA) is 43.4 Å². The normalized spacial score (nSPS) is 48.9. The lowest BCUT2D eigenvalue weighted by molar-refractivity contribution is -0.165. The predicted octanol–water partition coefficient (Wildman–Crippen LogP) is 5.17. The summed E-state index contributed by atoms with van der Waals surface area (Å²) in [7, 11) is 0. The molecule has 4 saturated carbocycles. The van der Waals surface area contributed by atoms with Crippen molar-refractivity contribution in [1.29, 1.82) is 0 Å². The van der Waals surface area contributed by atoms with Gasteiger partial charge in [0.1, 0.15) is 11.9 Å². The van der Waals surface area contributed by atoms with E-state index in [0.29, 0.717) is 29.0 Å². The van der Waals surface area contributed by atoms with Crippen molar-refractivity contribution in [2.45, 2.75) is 91.6 Å². The molecule has 3 nitrogen and oxygen atoms in total. The van der Waals surface area contributed by atoms with Gasteiger partial charge in [0, 0.05) is 24.7 Å². The van der Waals surface area contributed by atoms with Crippen LogP contribution in [0.5, 0.6) is 0 Å². The van der Waals surface area contributed by atoms with Gasteiger partial charge in [-0.3, -0.25) is 9.59 Å². The summed E-state index contributed by atoms with van der Waals surface area (Å²) in [6.45, 7) is 8.20. The average Bonchev–Trinajstić information content (AvgIpc) is 2.94. The average molecular weight is 361 g/mol. The molecule has 0 spiro atoms. The standard InChI is InChI=1S/C23H36O3/c1-14(26-15(2)24)18-10-11-19-17-9-8-16-7-5-6-12-22(16,3)20(17)13-21(25)23(18,19)4/h14,16-20H,5-13H2,1-4H3/t14-,16-,17+,18-,19+,20+,22+,23-/m1/s1. The highest BCUT2D eigenvalue weighted by Gasteiger charge is 2.64. The fourth-order valence-corrected chi connectivity index (χ4v) is 8.13. The lowest BCUT2D eigenvalue weighted by Crippen LogP contribution is -2.57. The Balaban J connectivity index is 1.63. The first-order valence-electron chi connectivity index (χ1n) is 11.0. The molecule has 0 aromatic carbocycles. The highest BCUT2D eigenvalue weighted by atomic mass is 16.5. The van der Waals surface area contributed by atoms with E-state index in [0.717, 1.165) is 25.2 Å². The molecule has 0 aromatic rings. The third-order valence-electron chi connectivity index (χ3n) is 9.43. The van der Waals surface area contributed by atoms with Gasteiger partial charge in [0.15, 0.2) is 0 Å². The highest BCUT2D eigenvalue weighted by Crippen LogP contribution is 2.66. The predicted molar refractivity (Wildman–Crippen MR) is 101 cm³/mol. The summed E-state index contributed by atoms with van der Waals surface area (Å²) >= 11 is 0. The summed E-state index contributed by atoms with van der Waals surface area (Å²) in [5, 5.41) is 0. The van der Waals surface area contributed by atoms with Crippen LogP contribution in [0.3, 0.4) is 0 Å². The molecule has 0 N–H and O–H groups in total. The molecule has 4 rings (SSSR count). The second-order valence-electron chi connectivity index (χ2n) is 10.3. The van der Waals surface area contributed by atoms with Gasteiger partial charge in [-0.1, -0.05) is 26.7 Å². The Hall–Kier alpha value is -0.860. The summed E-state index contributed by atoms with van der Waals surface area (Å²) in [6.07, 6.45) is 10.9. The van der Waals surface area contributed by atoms with Gasteiger partial charge in [-0.2, -0.15) is 0 Å². The van der Waals surface area contributed by atoms with Crippen molar-refractivity contribution in [3.8, 4) is 0 Å². The molecule has 0 heterocycles. The van der Waals surface area contributed by atoms with Crippen molar-refractivity contribution in [1.82, 2.24) is 0 Å². The Bertz CT molecular complexity index is 598. The molecule has 4 aliphatic rings. The van der Waals surface area contributed by atoms with E-state index < -0.39 is 0 Å². The molecular formula is C23H36O3. The van der Waals surface area contributed by atoms with Gasteiger partial charge in [-0.05, 0) is 74.5 Å². The zero-order valence-electron chi connectivity index (χ0n) is 17.1. The molecule has 0 radical (unpaired) electrons. The van der Waals surface area contributed by atoms with Gasteiger partial charge < -0.3 is 4.74 Å². The first-order chi connectivity index (χ1) is 12.3. The quantitative estimate of drug-likeness (QED) is 0.638. The van der Waals surface area contributed by atoms with Crippen LogP contribution < -0.4 is 0 Å². The van der Waals surface area contributed by atoms with E-state index in [9.17, 15) is 9.59 Å². The number of ketones is 1. The van der Waals surface area contributed by atoms with Gasteiger partial charge in [0.2, 0.25) is 0 Å². The van der Waals surface area contributed by atoms with Gasteiger partial charge in [0.25, 0.3) is 0 Å². The van der Waals surface area contributed by atoms with Gasteiger partial charge >= 0.3 is 5.97 Å². The largest absolute Gasteiger partial charge is 0.463 e. The minimum absolute atomic E-state index is 0.149. The second kappa shape index (κ2) is 6.34. The molecule has 4 aliphatic carbocycles. The van der Waals surface area contributed by atoms with Crippen LogP contribution >= 0.6 is 0 Å². The van der Waals surface area contributed by atoms with Crippen LogP contribution in [0.25, 0.3) is 0 Å². The fourth-order valence-electron chi connectivity index (χ4n) is 8.13. The number of rotatable bonds is 2. The molecular weight excluding hydrogens is 324 g/mol. The lowest BCUT2D eigenvalue weighted by atomic mass is 9.44. The molecule has 0 aromatic heterocycles. The Morgan fingerprint density at radius 3 is 2.58 bits per heavy atom. The number of fused-ring (bicyclic) bond motifs is 5. The van der Waals surface area contributed by atoms with Gasteiger partial charge in [0.05, 0.1) is 0 Å². The maximum absolute atomic E-state index is 13.5. The molecule has 146 valence electrons. The smallest absolute Gasteiger partial charge is 0.302 e. The van der Waals surface area contributed by atoms with Crippen molar-refractivity contribution in [3.63, 3.8) is 0 Å². The highest BCUT2D eigenvalue weighted by molar-refractivity contribution is 5.87. The van der Waals surface area contributed by atoms with E-state index in [4.69, 9.17) is 4.74 Å². The maximum atomic E-state index is 13.5. The molecule has 0 amide bonds. The number of carbonyl (C=O) groups excluding carboxylic acids is 2. The van der Waals surface area contributed by atoms with Crippen LogP contribution in [0.2, 0.25) is 0 Å².